The van der Waals surface area contributed by atoms with Gasteiger partial charge in [-0.3, -0.25) is 0 Å². The molecule has 0 radical (unpaired) electrons. The highest BCUT2D eigenvalue weighted by Gasteiger charge is 2.46. The third-order valence-electron chi connectivity index (χ3n) is 3.82. The van der Waals surface area contributed by atoms with E-state index in [-0.39, 0.29) is 29.4 Å². The van der Waals surface area contributed by atoms with Gasteiger partial charge >= 0.3 is 12.4 Å². The van der Waals surface area contributed by atoms with Gasteiger partial charge < -0.3 is 0 Å². The SMILES string of the molecule is CC1C(C)C1c1cc(C(F)(F)F)cc(C(F)(F)F)c1. The molecule has 1 fully saturated rings. The molecular formula is C13H12F6. The number of hydrogen-bond acceptors (Lipinski definition) is 0. The van der Waals surface area contributed by atoms with Crippen molar-refractivity contribution in [3.63, 3.8) is 0 Å². The number of rotatable bonds is 1. The fraction of sp³-hybridized carbons (Fsp3) is 0.538. The van der Waals surface area contributed by atoms with Crippen LogP contribution in [0.2, 0.25) is 0 Å². The Morgan fingerprint density at radius 1 is 0.737 bits per heavy atom. The van der Waals surface area contributed by atoms with Crippen molar-refractivity contribution >= 4 is 0 Å². The fourth-order valence-corrected chi connectivity index (χ4v) is 2.44. The van der Waals surface area contributed by atoms with Gasteiger partial charge in [-0.2, -0.15) is 26.3 Å². The second-order valence-electron chi connectivity index (χ2n) is 5.08. The quantitative estimate of drug-likeness (QED) is 0.629. The summed E-state index contributed by atoms with van der Waals surface area (Å²) in [6.07, 6.45) is -9.53. The molecule has 0 bridgehead atoms. The highest BCUT2D eigenvalue weighted by atomic mass is 19.4. The molecule has 0 N–H and O–H groups in total. The molecule has 106 valence electrons. The first-order valence-electron chi connectivity index (χ1n) is 5.81. The van der Waals surface area contributed by atoms with Crippen LogP contribution in [0.1, 0.15) is 36.5 Å². The van der Waals surface area contributed by atoms with Crippen LogP contribution in [0.3, 0.4) is 0 Å². The molecule has 1 aromatic rings. The third kappa shape index (κ3) is 2.72. The first kappa shape index (κ1) is 14.2. The first-order chi connectivity index (χ1) is 8.51. The van der Waals surface area contributed by atoms with Gasteiger partial charge in [-0.05, 0) is 41.5 Å². The lowest BCUT2D eigenvalue weighted by molar-refractivity contribution is -0.143. The van der Waals surface area contributed by atoms with Crippen molar-refractivity contribution in [3.8, 4) is 0 Å². The standard InChI is InChI=1S/C13H12F6/c1-6-7(2)11(6)8-3-9(12(14,15)16)5-10(4-8)13(17,18)19/h3-7,11H,1-2H3. The van der Waals surface area contributed by atoms with E-state index in [1.807, 2.05) is 13.8 Å². The average Bonchev–Trinajstić information content (AvgIpc) is 2.83. The van der Waals surface area contributed by atoms with Crippen LogP contribution in [0.25, 0.3) is 0 Å². The van der Waals surface area contributed by atoms with Crippen molar-refractivity contribution < 1.29 is 26.3 Å². The van der Waals surface area contributed by atoms with Crippen LogP contribution in [-0.2, 0) is 12.4 Å². The van der Waals surface area contributed by atoms with Crippen LogP contribution in [0.15, 0.2) is 18.2 Å². The maximum Gasteiger partial charge on any atom is 0.416 e. The van der Waals surface area contributed by atoms with Crippen molar-refractivity contribution in [3.05, 3.63) is 34.9 Å². The third-order valence-corrected chi connectivity index (χ3v) is 3.82. The van der Waals surface area contributed by atoms with E-state index in [9.17, 15) is 26.3 Å². The lowest BCUT2D eigenvalue weighted by Gasteiger charge is -2.14. The zero-order valence-corrected chi connectivity index (χ0v) is 10.2. The molecule has 0 aliphatic heterocycles. The molecule has 2 rings (SSSR count). The van der Waals surface area contributed by atoms with E-state index in [1.165, 1.54) is 0 Å². The maximum atomic E-state index is 12.6. The molecule has 0 amide bonds. The number of hydrogen-bond donors (Lipinski definition) is 0. The van der Waals surface area contributed by atoms with Crippen molar-refractivity contribution in [2.75, 3.05) is 0 Å². The van der Waals surface area contributed by atoms with Crippen LogP contribution in [0.4, 0.5) is 26.3 Å². The largest absolute Gasteiger partial charge is 0.416 e. The van der Waals surface area contributed by atoms with Crippen molar-refractivity contribution in [2.24, 2.45) is 11.8 Å². The molecule has 0 aromatic heterocycles. The van der Waals surface area contributed by atoms with Crippen LogP contribution < -0.4 is 0 Å². The van der Waals surface area contributed by atoms with Gasteiger partial charge in [-0.15, -0.1) is 0 Å². The molecule has 6 heteroatoms. The molecule has 1 aromatic carbocycles. The Kier molecular flexibility index (Phi) is 3.10. The minimum absolute atomic E-state index is 0.115. The molecule has 1 saturated carbocycles. The van der Waals surface area contributed by atoms with Gasteiger partial charge in [0.2, 0.25) is 0 Å². The van der Waals surface area contributed by atoms with E-state index in [0.717, 1.165) is 12.1 Å². The van der Waals surface area contributed by atoms with Crippen molar-refractivity contribution in [2.45, 2.75) is 32.1 Å². The summed E-state index contributed by atoms with van der Waals surface area (Å²) in [7, 11) is 0. The first-order valence-corrected chi connectivity index (χ1v) is 5.81. The zero-order valence-electron chi connectivity index (χ0n) is 10.2. The fourth-order valence-electron chi connectivity index (χ4n) is 2.44. The molecule has 19 heavy (non-hydrogen) atoms. The predicted molar refractivity (Wildman–Crippen MR) is 57.5 cm³/mol. The highest BCUT2D eigenvalue weighted by Crippen LogP contribution is 2.54. The van der Waals surface area contributed by atoms with E-state index in [2.05, 4.69) is 0 Å². The Morgan fingerprint density at radius 2 is 1.11 bits per heavy atom. The van der Waals surface area contributed by atoms with Gasteiger partial charge in [0, 0.05) is 0 Å². The second-order valence-corrected chi connectivity index (χ2v) is 5.08. The summed E-state index contributed by atoms with van der Waals surface area (Å²) in [5.41, 5.74) is -2.34. The van der Waals surface area contributed by atoms with Gasteiger partial charge in [0.25, 0.3) is 0 Å². The number of benzene rings is 1. The monoisotopic (exact) mass is 282 g/mol. The zero-order chi connectivity index (χ0) is 14.6. The Labute approximate surface area is 106 Å². The topological polar surface area (TPSA) is 0 Å². The maximum absolute atomic E-state index is 12.6. The summed E-state index contributed by atoms with van der Waals surface area (Å²) >= 11 is 0. The minimum atomic E-state index is -4.77. The Hall–Kier alpha value is -1.20. The van der Waals surface area contributed by atoms with Gasteiger partial charge in [0.15, 0.2) is 0 Å². The van der Waals surface area contributed by atoms with Crippen LogP contribution in [0.5, 0.6) is 0 Å². The Bertz CT molecular complexity index is 445. The van der Waals surface area contributed by atoms with Gasteiger partial charge in [0.05, 0.1) is 11.1 Å². The van der Waals surface area contributed by atoms with Crippen LogP contribution in [0, 0.1) is 11.8 Å². The molecule has 2 atom stereocenters. The molecule has 1 aliphatic rings. The Morgan fingerprint density at radius 3 is 1.37 bits per heavy atom. The summed E-state index contributed by atoms with van der Waals surface area (Å²) in [4.78, 5) is 0. The average molecular weight is 282 g/mol. The van der Waals surface area contributed by atoms with Gasteiger partial charge in [-0.1, -0.05) is 13.8 Å². The summed E-state index contributed by atoms with van der Waals surface area (Å²) in [6, 6.07) is 1.83. The minimum Gasteiger partial charge on any atom is -0.166 e. The van der Waals surface area contributed by atoms with E-state index in [0.29, 0.717) is 0 Å². The summed E-state index contributed by atoms with van der Waals surface area (Å²) in [5.74, 6) is 0.0116. The lowest BCUT2D eigenvalue weighted by Crippen LogP contribution is -2.11. The predicted octanol–water partition coefficient (Wildman–Crippen LogP) is 5.09. The number of alkyl halides is 6. The van der Waals surface area contributed by atoms with Gasteiger partial charge in [0.1, 0.15) is 0 Å². The molecular weight excluding hydrogens is 270 g/mol. The summed E-state index contributed by atoms with van der Waals surface area (Å²) in [6.45, 7) is 3.64. The normalized spacial score (nSPS) is 27.5. The summed E-state index contributed by atoms with van der Waals surface area (Å²) < 4.78 is 75.9. The van der Waals surface area contributed by atoms with Crippen molar-refractivity contribution in [1.82, 2.24) is 0 Å². The molecule has 0 spiro atoms. The molecule has 0 heterocycles. The molecule has 0 saturated heterocycles. The Balaban J connectivity index is 2.50. The smallest absolute Gasteiger partial charge is 0.166 e. The summed E-state index contributed by atoms with van der Waals surface area (Å²) in [5, 5.41) is 0. The second kappa shape index (κ2) is 4.15. The molecule has 0 nitrogen and oxygen atoms in total. The van der Waals surface area contributed by atoms with Crippen LogP contribution in [-0.4, -0.2) is 0 Å². The van der Waals surface area contributed by atoms with Crippen LogP contribution >= 0.6 is 0 Å². The van der Waals surface area contributed by atoms with E-state index < -0.39 is 23.5 Å². The van der Waals surface area contributed by atoms with E-state index >= 15 is 0 Å². The van der Waals surface area contributed by atoms with E-state index in [1.54, 1.807) is 0 Å². The highest BCUT2D eigenvalue weighted by molar-refractivity contribution is 5.38. The molecule has 1 aliphatic carbocycles. The number of halogens is 6. The van der Waals surface area contributed by atoms with E-state index in [4.69, 9.17) is 0 Å². The molecule has 2 unspecified atom stereocenters. The van der Waals surface area contributed by atoms with Crippen molar-refractivity contribution in [1.29, 1.82) is 0 Å². The van der Waals surface area contributed by atoms with Gasteiger partial charge in [-0.25, -0.2) is 0 Å². The lowest BCUT2D eigenvalue weighted by atomic mass is 10.0.